The number of allylic oxidation sites excluding steroid dienone is 1. The standard InChI is InChI=1S/C27H32N2O2S/c1-17(2)12-19-13-20-18(14-23(19)31-6)9-10-29-22(26(30)28-16-27(3,4)5)15-21(25(20)29)24-8-7-11-32-24/h7-8,11-15H,9-10,16H2,1-6H3,(H,28,30). The summed E-state index contributed by atoms with van der Waals surface area (Å²) in [6.07, 6.45) is 3.02. The van der Waals surface area contributed by atoms with Gasteiger partial charge in [-0.05, 0) is 60.9 Å². The Balaban J connectivity index is 1.89. The minimum Gasteiger partial charge on any atom is -0.496 e. The number of carbonyl (C=O) groups excluding carboxylic acids is 1. The fraction of sp³-hybridized carbons (Fsp3) is 0.370. The first-order valence-electron chi connectivity index (χ1n) is 11.1. The second-order valence-corrected chi connectivity index (χ2v) is 10.8. The Bertz CT molecular complexity index is 1170. The number of benzene rings is 1. The van der Waals surface area contributed by atoms with E-state index < -0.39 is 0 Å². The zero-order valence-electron chi connectivity index (χ0n) is 19.8. The molecule has 1 aliphatic heterocycles. The lowest BCUT2D eigenvalue weighted by atomic mass is 9.93. The molecule has 0 spiro atoms. The van der Waals surface area contributed by atoms with Crippen molar-refractivity contribution in [2.45, 2.75) is 47.6 Å². The first kappa shape index (κ1) is 22.4. The largest absolute Gasteiger partial charge is 0.496 e. The van der Waals surface area contributed by atoms with Gasteiger partial charge in [0.1, 0.15) is 11.4 Å². The Hall–Kier alpha value is -2.79. The van der Waals surface area contributed by atoms with Crippen LogP contribution < -0.4 is 10.1 Å². The predicted octanol–water partition coefficient (Wildman–Crippen LogP) is 6.65. The lowest BCUT2D eigenvalue weighted by Crippen LogP contribution is -2.33. The molecule has 1 aliphatic rings. The van der Waals surface area contributed by atoms with Gasteiger partial charge in [0.25, 0.3) is 5.91 Å². The smallest absolute Gasteiger partial charge is 0.267 e. The topological polar surface area (TPSA) is 43.3 Å². The number of hydrogen-bond acceptors (Lipinski definition) is 3. The summed E-state index contributed by atoms with van der Waals surface area (Å²) in [6, 6.07) is 10.7. The highest BCUT2D eigenvalue weighted by Gasteiger charge is 2.28. The van der Waals surface area contributed by atoms with E-state index in [2.05, 4.69) is 86.3 Å². The highest BCUT2D eigenvalue weighted by molar-refractivity contribution is 7.13. The molecular formula is C27H32N2O2S. The van der Waals surface area contributed by atoms with E-state index in [0.29, 0.717) is 6.54 Å². The van der Waals surface area contributed by atoms with Crippen LogP contribution in [0.4, 0.5) is 0 Å². The van der Waals surface area contributed by atoms with Gasteiger partial charge in [-0.3, -0.25) is 4.79 Å². The fourth-order valence-corrected chi connectivity index (χ4v) is 4.96. The van der Waals surface area contributed by atoms with E-state index in [1.807, 2.05) is 0 Å². The molecule has 1 N–H and O–H groups in total. The molecule has 5 heteroatoms. The molecule has 0 fully saturated rings. The molecular weight excluding hydrogens is 416 g/mol. The van der Waals surface area contributed by atoms with Crippen molar-refractivity contribution in [3.05, 3.63) is 58.1 Å². The molecule has 4 rings (SSSR count). The number of nitrogens with zero attached hydrogens (tertiary/aromatic N) is 1. The number of carbonyl (C=O) groups is 1. The highest BCUT2D eigenvalue weighted by Crippen LogP contribution is 2.43. The van der Waals surface area contributed by atoms with Crippen LogP contribution in [0, 0.1) is 5.41 Å². The molecule has 0 unspecified atom stereocenters. The third kappa shape index (κ3) is 4.40. The summed E-state index contributed by atoms with van der Waals surface area (Å²) in [7, 11) is 1.73. The minimum atomic E-state index is -0.00883. The number of fused-ring (bicyclic) bond motifs is 3. The van der Waals surface area contributed by atoms with Crippen LogP contribution in [0.3, 0.4) is 0 Å². The monoisotopic (exact) mass is 448 g/mol. The molecule has 0 radical (unpaired) electrons. The van der Waals surface area contributed by atoms with Gasteiger partial charge in [-0.1, -0.05) is 38.5 Å². The van der Waals surface area contributed by atoms with E-state index in [1.54, 1.807) is 18.4 Å². The molecule has 0 bridgehead atoms. The van der Waals surface area contributed by atoms with Gasteiger partial charge in [0.2, 0.25) is 0 Å². The Morgan fingerprint density at radius 3 is 2.62 bits per heavy atom. The van der Waals surface area contributed by atoms with Crippen LogP contribution >= 0.6 is 11.3 Å². The first-order chi connectivity index (χ1) is 15.2. The number of hydrogen-bond donors (Lipinski definition) is 1. The Kier molecular flexibility index (Phi) is 6.04. The summed E-state index contributed by atoms with van der Waals surface area (Å²) in [4.78, 5) is 14.4. The Morgan fingerprint density at radius 2 is 2.00 bits per heavy atom. The molecule has 0 saturated carbocycles. The lowest BCUT2D eigenvalue weighted by Gasteiger charge is -2.24. The number of nitrogens with one attached hydrogen (secondary N) is 1. The van der Waals surface area contributed by atoms with Crippen LogP contribution in [0.5, 0.6) is 5.75 Å². The highest BCUT2D eigenvalue weighted by atomic mass is 32.1. The molecule has 3 aromatic rings. The second-order valence-electron chi connectivity index (χ2n) is 9.89. The van der Waals surface area contributed by atoms with Gasteiger partial charge < -0.3 is 14.6 Å². The number of aromatic nitrogens is 1. The second kappa shape index (κ2) is 8.62. The van der Waals surface area contributed by atoms with Crippen LogP contribution in [0.1, 0.15) is 56.2 Å². The number of amides is 1. The zero-order valence-corrected chi connectivity index (χ0v) is 20.7. The average molecular weight is 449 g/mol. The van der Waals surface area contributed by atoms with Crippen molar-refractivity contribution in [2.24, 2.45) is 5.41 Å². The summed E-state index contributed by atoms with van der Waals surface area (Å²) in [6.45, 7) is 12.0. The van der Waals surface area contributed by atoms with Gasteiger partial charge in [0, 0.05) is 34.7 Å². The third-order valence-electron chi connectivity index (χ3n) is 5.66. The van der Waals surface area contributed by atoms with Crippen molar-refractivity contribution in [3.63, 3.8) is 0 Å². The van der Waals surface area contributed by atoms with Crippen LogP contribution in [0.15, 0.2) is 41.3 Å². The summed E-state index contributed by atoms with van der Waals surface area (Å²) in [5.74, 6) is 0.885. The van der Waals surface area contributed by atoms with Gasteiger partial charge >= 0.3 is 0 Å². The molecule has 2 aromatic heterocycles. The van der Waals surface area contributed by atoms with E-state index in [9.17, 15) is 4.79 Å². The Morgan fingerprint density at radius 1 is 1.22 bits per heavy atom. The van der Waals surface area contributed by atoms with Gasteiger partial charge in [-0.2, -0.15) is 0 Å². The van der Waals surface area contributed by atoms with Crippen LogP contribution in [-0.2, 0) is 13.0 Å². The van der Waals surface area contributed by atoms with Gasteiger partial charge in [0.05, 0.1) is 12.8 Å². The molecule has 32 heavy (non-hydrogen) atoms. The zero-order chi connectivity index (χ0) is 23.0. The van der Waals surface area contributed by atoms with Crippen molar-refractivity contribution in [3.8, 4) is 27.4 Å². The van der Waals surface area contributed by atoms with E-state index in [1.165, 1.54) is 21.6 Å². The van der Waals surface area contributed by atoms with Gasteiger partial charge in [0.15, 0.2) is 0 Å². The quantitative estimate of drug-likeness (QED) is 0.475. The summed E-state index contributed by atoms with van der Waals surface area (Å²) >= 11 is 1.71. The van der Waals surface area contributed by atoms with Crippen LogP contribution in [-0.4, -0.2) is 24.1 Å². The Labute approximate surface area is 194 Å². The normalized spacial score (nSPS) is 12.7. The molecule has 0 aliphatic carbocycles. The van der Waals surface area contributed by atoms with E-state index in [4.69, 9.17) is 4.74 Å². The van der Waals surface area contributed by atoms with Crippen molar-refractivity contribution in [2.75, 3.05) is 13.7 Å². The molecule has 1 aromatic carbocycles. The first-order valence-corrected chi connectivity index (χ1v) is 12.0. The van der Waals surface area contributed by atoms with E-state index in [0.717, 1.165) is 41.2 Å². The summed E-state index contributed by atoms with van der Waals surface area (Å²) in [5, 5.41) is 5.23. The average Bonchev–Trinajstić information content (AvgIpc) is 3.38. The van der Waals surface area contributed by atoms with Crippen molar-refractivity contribution >= 4 is 23.3 Å². The fourth-order valence-electron chi connectivity index (χ4n) is 4.21. The lowest BCUT2D eigenvalue weighted by molar-refractivity contribution is 0.0930. The number of ether oxygens (including phenoxy) is 1. The number of thiophene rings is 1. The van der Waals surface area contributed by atoms with E-state index >= 15 is 0 Å². The molecule has 4 nitrogen and oxygen atoms in total. The van der Waals surface area contributed by atoms with Gasteiger partial charge in [-0.15, -0.1) is 11.3 Å². The maximum absolute atomic E-state index is 13.2. The molecule has 168 valence electrons. The number of methoxy groups -OCH3 is 1. The maximum atomic E-state index is 13.2. The third-order valence-corrected chi connectivity index (χ3v) is 6.56. The van der Waals surface area contributed by atoms with Crippen molar-refractivity contribution < 1.29 is 9.53 Å². The van der Waals surface area contributed by atoms with Crippen molar-refractivity contribution in [1.82, 2.24) is 9.88 Å². The van der Waals surface area contributed by atoms with Crippen LogP contribution in [0.25, 0.3) is 27.8 Å². The van der Waals surface area contributed by atoms with Gasteiger partial charge in [-0.25, -0.2) is 0 Å². The summed E-state index contributed by atoms with van der Waals surface area (Å²) < 4.78 is 7.90. The number of rotatable bonds is 5. The molecule has 3 heterocycles. The minimum absolute atomic E-state index is 0.00883. The summed E-state index contributed by atoms with van der Waals surface area (Å²) in [5.41, 5.74) is 7.74. The SMILES string of the molecule is COc1cc2c(cc1C=C(C)C)-c1c(-c3cccs3)cc(C(=O)NCC(C)(C)C)n1CC2. The molecule has 1 amide bonds. The molecule has 0 saturated heterocycles. The van der Waals surface area contributed by atoms with E-state index in [-0.39, 0.29) is 11.3 Å². The predicted molar refractivity (Wildman–Crippen MR) is 135 cm³/mol. The number of aryl methyl sites for hydroxylation is 1. The maximum Gasteiger partial charge on any atom is 0.267 e. The van der Waals surface area contributed by atoms with Crippen molar-refractivity contribution in [1.29, 1.82) is 0 Å². The molecule has 0 atom stereocenters. The van der Waals surface area contributed by atoms with Crippen LogP contribution in [0.2, 0.25) is 0 Å².